The second-order valence-corrected chi connectivity index (χ2v) is 11.8. The van der Waals surface area contributed by atoms with Crippen LogP contribution in [0.1, 0.15) is 25.3 Å². The van der Waals surface area contributed by atoms with Crippen LogP contribution in [0.15, 0.2) is 70.2 Å². The summed E-state index contributed by atoms with van der Waals surface area (Å²) in [5.41, 5.74) is 3.27. The van der Waals surface area contributed by atoms with Crippen LogP contribution in [-0.4, -0.2) is 46.5 Å². The summed E-state index contributed by atoms with van der Waals surface area (Å²) < 4.78 is 30.5. The number of benzene rings is 2. The van der Waals surface area contributed by atoms with Gasteiger partial charge in [-0.05, 0) is 59.0 Å². The van der Waals surface area contributed by atoms with Gasteiger partial charge in [0, 0.05) is 35.8 Å². The van der Waals surface area contributed by atoms with Crippen molar-refractivity contribution in [3.05, 3.63) is 75.9 Å². The van der Waals surface area contributed by atoms with Gasteiger partial charge in [0.05, 0.1) is 21.3 Å². The lowest BCUT2D eigenvalue weighted by Gasteiger charge is -2.32. The van der Waals surface area contributed by atoms with Crippen LogP contribution < -0.4 is 5.32 Å². The van der Waals surface area contributed by atoms with Gasteiger partial charge in [0.15, 0.2) is 5.65 Å². The first kappa shape index (κ1) is 24.2. The molecule has 2 aromatic heterocycles. The number of halogens is 2. The highest BCUT2D eigenvalue weighted by Crippen LogP contribution is 2.31. The molecule has 0 saturated carbocycles. The van der Waals surface area contributed by atoms with Crippen LogP contribution in [0, 0.1) is 0 Å². The van der Waals surface area contributed by atoms with E-state index >= 15 is 0 Å². The Labute approximate surface area is 218 Å². The molecule has 5 rings (SSSR count). The second kappa shape index (κ2) is 9.89. The third-order valence-corrected chi connectivity index (χ3v) is 9.11. The molecule has 0 bridgehead atoms. The van der Waals surface area contributed by atoms with Gasteiger partial charge in [-0.1, -0.05) is 48.9 Å². The Hall–Kier alpha value is -2.46. The largest absolute Gasteiger partial charge is 0.367 e. The number of hydrogen-bond donors (Lipinski definition) is 1. The van der Waals surface area contributed by atoms with Crippen molar-refractivity contribution >= 4 is 49.0 Å². The number of aromatic nitrogens is 3. The zero-order valence-corrected chi connectivity index (χ0v) is 22.3. The number of hydrogen-bond acceptors (Lipinski definition) is 5. The minimum atomic E-state index is -3.51. The average Bonchev–Trinajstić information content (AvgIpc) is 3.25. The number of nitrogens with zero attached hydrogens (tertiary/aromatic N) is 4. The number of aryl methyl sites for hydroxylation is 1. The molecule has 0 atom stereocenters. The molecule has 4 aromatic rings. The van der Waals surface area contributed by atoms with E-state index < -0.39 is 10.0 Å². The fraction of sp³-hybridized carbons (Fsp3) is 0.280. The quantitative estimate of drug-likeness (QED) is 0.322. The number of piperidine rings is 1. The fourth-order valence-corrected chi connectivity index (χ4v) is 6.49. The third-order valence-electron chi connectivity index (χ3n) is 6.33. The molecule has 0 aliphatic carbocycles. The smallest absolute Gasteiger partial charge is 0.243 e. The molecule has 3 heterocycles. The summed E-state index contributed by atoms with van der Waals surface area (Å²) in [7, 11) is -3.51. The minimum Gasteiger partial charge on any atom is -0.367 e. The summed E-state index contributed by atoms with van der Waals surface area (Å²) >= 11 is 9.97. The van der Waals surface area contributed by atoms with Gasteiger partial charge in [-0.2, -0.15) is 13.9 Å². The van der Waals surface area contributed by atoms with Crippen LogP contribution in [0.5, 0.6) is 0 Å². The van der Waals surface area contributed by atoms with Crippen LogP contribution in [0.3, 0.4) is 0 Å². The van der Waals surface area contributed by atoms with Crippen LogP contribution >= 0.6 is 27.5 Å². The normalized spacial score (nSPS) is 15.5. The van der Waals surface area contributed by atoms with E-state index in [2.05, 4.69) is 26.3 Å². The lowest BCUT2D eigenvalue weighted by atomic mass is 10.1. The second-order valence-electron chi connectivity index (χ2n) is 8.56. The molecule has 35 heavy (non-hydrogen) atoms. The maximum atomic E-state index is 13.2. The highest BCUT2D eigenvalue weighted by Gasteiger charge is 2.30. The highest BCUT2D eigenvalue weighted by atomic mass is 79.9. The molecular weight excluding hydrogens is 550 g/mol. The van der Waals surface area contributed by atoms with Crippen LogP contribution in [0.4, 0.5) is 5.82 Å². The molecule has 182 valence electrons. The maximum absolute atomic E-state index is 13.2. The topological polar surface area (TPSA) is 79.6 Å². The third kappa shape index (κ3) is 4.82. The zero-order valence-electron chi connectivity index (χ0n) is 19.2. The van der Waals surface area contributed by atoms with Crippen LogP contribution in [-0.2, 0) is 16.4 Å². The summed E-state index contributed by atoms with van der Waals surface area (Å²) in [5, 5.41) is 8.65. The summed E-state index contributed by atoms with van der Waals surface area (Å²) in [4.78, 5) is 5.12. The van der Waals surface area contributed by atoms with E-state index in [0.717, 1.165) is 33.5 Å². The number of rotatable bonds is 6. The number of fused-ring (bicyclic) bond motifs is 1. The van der Waals surface area contributed by atoms with E-state index in [1.54, 1.807) is 27.2 Å². The molecule has 0 amide bonds. The molecular formula is C25H25BrClN5O2S. The van der Waals surface area contributed by atoms with Crippen molar-refractivity contribution in [1.82, 2.24) is 18.9 Å². The molecule has 1 saturated heterocycles. The van der Waals surface area contributed by atoms with E-state index in [1.165, 1.54) is 0 Å². The van der Waals surface area contributed by atoms with Crippen molar-refractivity contribution in [3.63, 3.8) is 0 Å². The van der Waals surface area contributed by atoms with E-state index in [4.69, 9.17) is 16.6 Å². The molecule has 2 aromatic carbocycles. The Morgan fingerprint density at radius 1 is 1.11 bits per heavy atom. The van der Waals surface area contributed by atoms with Crippen molar-refractivity contribution in [2.45, 2.75) is 37.1 Å². The van der Waals surface area contributed by atoms with Crippen LogP contribution in [0.2, 0.25) is 5.02 Å². The van der Waals surface area contributed by atoms with Gasteiger partial charge in [0.25, 0.3) is 0 Å². The molecule has 0 spiro atoms. The molecule has 0 unspecified atom stereocenters. The Morgan fingerprint density at radius 2 is 1.89 bits per heavy atom. The van der Waals surface area contributed by atoms with Crippen molar-refractivity contribution in [2.24, 2.45) is 0 Å². The molecule has 1 N–H and O–H groups in total. The highest BCUT2D eigenvalue weighted by molar-refractivity contribution is 9.10. The maximum Gasteiger partial charge on any atom is 0.243 e. The standard InChI is InChI=1S/C25H25BrClN5O2S/c1-2-17-6-5-7-19(14-17)35(33,34)31-12-10-18(11-13-31)29-24-15-23(20-8-3-4-9-22(20)27)30-25-21(26)16-28-32(24)25/h3-9,14-16,18,29H,2,10-13H2,1H3. The fourth-order valence-electron chi connectivity index (χ4n) is 4.37. The average molecular weight is 575 g/mol. The minimum absolute atomic E-state index is 0.0936. The van der Waals surface area contributed by atoms with Crippen molar-refractivity contribution in [1.29, 1.82) is 0 Å². The van der Waals surface area contributed by atoms with Crippen molar-refractivity contribution in [3.8, 4) is 11.3 Å². The summed E-state index contributed by atoms with van der Waals surface area (Å²) in [5.74, 6) is 0.785. The first-order chi connectivity index (χ1) is 16.9. The molecule has 0 radical (unpaired) electrons. The van der Waals surface area contributed by atoms with Crippen molar-refractivity contribution < 1.29 is 8.42 Å². The first-order valence-electron chi connectivity index (χ1n) is 11.5. The Balaban J connectivity index is 1.37. The predicted octanol–water partition coefficient (Wildman–Crippen LogP) is 5.64. The van der Waals surface area contributed by atoms with Crippen LogP contribution in [0.25, 0.3) is 16.9 Å². The Kier molecular flexibility index (Phi) is 6.85. The monoisotopic (exact) mass is 573 g/mol. The molecule has 1 aliphatic heterocycles. The first-order valence-corrected chi connectivity index (χ1v) is 14.1. The predicted molar refractivity (Wildman–Crippen MR) is 142 cm³/mol. The summed E-state index contributed by atoms with van der Waals surface area (Å²) in [6, 6.07) is 16.8. The zero-order chi connectivity index (χ0) is 24.6. The number of anilines is 1. The van der Waals surface area contributed by atoms with Gasteiger partial charge in [-0.3, -0.25) is 0 Å². The lowest BCUT2D eigenvalue weighted by Crippen LogP contribution is -2.42. The van der Waals surface area contributed by atoms with Gasteiger partial charge in [0.1, 0.15) is 5.82 Å². The lowest BCUT2D eigenvalue weighted by molar-refractivity contribution is 0.329. The number of sulfonamides is 1. The van der Waals surface area contributed by atoms with E-state index in [-0.39, 0.29) is 6.04 Å². The molecule has 7 nitrogen and oxygen atoms in total. The number of nitrogens with one attached hydrogen (secondary N) is 1. The molecule has 10 heteroatoms. The van der Waals surface area contributed by atoms with Gasteiger partial charge in [-0.15, -0.1) is 0 Å². The van der Waals surface area contributed by atoms with Gasteiger partial charge < -0.3 is 5.32 Å². The Bertz CT molecular complexity index is 1480. The molecule has 1 fully saturated rings. The SMILES string of the molecule is CCc1cccc(S(=O)(=O)N2CCC(Nc3cc(-c4ccccc4Cl)nc4c(Br)cnn34)CC2)c1. The summed E-state index contributed by atoms with van der Waals surface area (Å²) in [6.45, 7) is 2.92. The van der Waals surface area contributed by atoms with E-state index in [1.807, 2.05) is 49.4 Å². The van der Waals surface area contributed by atoms with Gasteiger partial charge >= 0.3 is 0 Å². The van der Waals surface area contributed by atoms with Gasteiger partial charge in [0.2, 0.25) is 10.0 Å². The Morgan fingerprint density at radius 3 is 2.63 bits per heavy atom. The van der Waals surface area contributed by atoms with Crippen molar-refractivity contribution in [2.75, 3.05) is 18.4 Å². The van der Waals surface area contributed by atoms with E-state index in [0.29, 0.717) is 41.5 Å². The summed E-state index contributed by atoms with van der Waals surface area (Å²) in [6.07, 6.45) is 3.87. The van der Waals surface area contributed by atoms with Gasteiger partial charge in [-0.25, -0.2) is 13.4 Å². The molecule has 1 aliphatic rings. The van der Waals surface area contributed by atoms with E-state index in [9.17, 15) is 8.42 Å².